The van der Waals surface area contributed by atoms with Gasteiger partial charge in [-0.1, -0.05) is 38.8 Å². The fourth-order valence-corrected chi connectivity index (χ4v) is 4.85. The van der Waals surface area contributed by atoms with Gasteiger partial charge in [0, 0.05) is 6.04 Å². The summed E-state index contributed by atoms with van der Waals surface area (Å²) in [5.74, 6) is 1.21. The molecule has 2 atom stereocenters. The minimum atomic E-state index is -3.49. The average molecular weight is 362 g/mol. The molecule has 0 radical (unpaired) electrons. The lowest BCUT2D eigenvalue weighted by molar-refractivity contribution is 0.310. The molecular formula is C20H27NO3S. The Labute approximate surface area is 150 Å². The van der Waals surface area contributed by atoms with E-state index >= 15 is 0 Å². The van der Waals surface area contributed by atoms with Crippen molar-refractivity contribution in [2.24, 2.45) is 5.92 Å². The number of nitrogens with one attached hydrogen (secondary N) is 1. The zero-order valence-corrected chi connectivity index (χ0v) is 15.8. The highest BCUT2D eigenvalue weighted by atomic mass is 32.2. The largest absolute Gasteiger partial charge is 0.494 e. The molecule has 0 spiro atoms. The van der Waals surface area contributed by atoms with Gasteiger partial charge in [0.1, 0.15) is 5.75 Å². The Morgan fingerprint density at radius 1 is 1.08 bits per heavy atom. The van der Waals surface area contributed by atoms with Crippen LogP contribution in [0.5, 0.6) is 5.75 Å². The molecular weight excluding hydrogens is 334 g/mol. The van der Waals surface area contributed by atoms with Crippen molar-refractivity contribution in [1.29, 1.82) is 0 Å². The van der Waals surface area contributed by atoms with Crippen LogP contribution >= 0.6 is 0 Å². The highest BCUT2D eigenvalue weighted by molar-refractivity contribution is 7.89. The molecule has 1 fully saturated rings. The van der Waals surface area contributed by atoms with Crippen molar-refractivity contribution in [3.05, 3.63) is 36.4 Å². The molecule has 1 aliphatic carbocycles. The second kappa shape index (κ2) is 7.75. The van der Waals surface area contributed by atoms with Crippen molar-refractivity contribution in [2.45, 2.75) is 56.9 Å². The van der Waals surface area contributed by atoms with Crippen molar-refractivity contribution < 1.29 is 13.2 Å². The fraction of sp³-hybridized carbons (Fsp3) is 0.500. The second-order valence-corrected chi connectivity index (χ2v) is 8.72. The van der Waals surface area contributed by atoms with Crippen LogP contribution < -0.4 is 9.46 Å². The molecule has 0 unspecified atom stereocenters. The Morgan fingerprint density at radius 3 is 2.56 bits per heavy atom. The number of hydrogen-bond acceptors (Lipinski definition) is 3. The zero-order chi connectivity index (χ0) is 17.9. The van der Waals surface area contributed by atoms with Gasteiger partial charge in [-0.15, -0.1) is 0 Å². The predicted octanol–water partition coefficient (Wildman–Crippen LogP) is 4.49. The molecule has 1 N–H and O–H groups in total. The van der Waals surface area contributed by atoms with Gasteiger partial charge in [-0.3, -0.25) is 0 Å². The Hall–Kier alpha value is -1.59. The quantitative estimate of drug-likeness (QED) is 0.825. The molecule has 0 aliphatic heterocycles. The van der Waals surface area contributed by atoms with Gasteiger partial charge in [0.25, 0.3) is 0 Å². The lowest BCUT2D eigenvalue weighted by atomic mass is 9.87. The summed E-state index contributed by atoms with van der Waals surface area (Å²) in [5.41, 5.74) is 0. The summed E-state index contributed by atoms with van der Waals surface area (Å²) >= 11 is 0. The first-order chi connectivity index (χ1) is 12.0. The summed E-state index contributed by atoms with van der Waals surface area (Å²) in [4.78, 5) is 0.333. The van der Waals surface area contributed by atoms with Gasteiger partial charge < -0.3 is 4.74 Å². The Morgan fingerprint density at radius 2 is 1.80 bits per heavy atom. The Balaban J connectivity index is 1.82. The minimum Gasteiger partial charge on any atom is -0.494 e. The Kier molecular flexibility index (Phi) is 5.64. The lowest BCUT2D eigenvalue weighted by Crippen LogP contribution is -2.40. The van der Waals surface area contributed by atoms with Crippen LogP contribution in [0.3, 0.4) is 0 Å². The van der Waals surface area contributed by atoms with Crippen LogP contribution in [0.1, 0.15) is 46.0 Å². The van der Waals surface area contributed by atoms with Crippen LogP contribution in [0.25, 0.3) is 10.8 Å². The maximum atomic E-state index is 12.8. The molecule has 2 aromatic carbocycles. The summed E-state index contributed by atoms with van der Waals surface area (Å²) in [6.45, 7) is 4.88. The van der Waals surface area contributed by atoms with Gasteiger partial charge in [-0.2, -0.15) is 0 Å². The van der Waals surface area contributed by atoms with Crippen molar-refractivity contribution >= 4 is 20.8 Å². The van der Waals surface area contributed by atoms with E-state index in [9.17, 15) is 8.42 Å². The molecule has 1 saturated carbocycles. The van der Waals surface area contributed by atoms with E-state index in [0.717, 1.165) is 42.2 Å². The molecule has 0 saturated heterocycles. The summed E-state index contributed by atoms with van der Waals surface area (Å²) in [7, 11) is -3.49. The number of rotatable bonds is 6. The van der Waals surface area contributed by atoms with Crippen LogP contribution in [0.2, 0.25) is 0 Å². The number of hydrogen-bond donors (Lipinski definition) is 1. The summed E-state index contributed by atoms with van der Waals surface area (Å²) < 4.78 is 34.1. The van der Waals surface area contributed by atoms with E-state index in [0.29, 0.717) is 17.4 Å². The molecule has 4 nitrogen and oxygen atoms in total. The van der Waals surface area contributed by atoms with Gasteiger partial charge in [0.2, 0.25) is 10.0 Å². The third-order valence-electron chi connectivity index (χ3n) is 4.98. The van der Waals surface area contributed by atoms with Gasteiger partial charge >= 0.3 is 0 Å². The average Bonchev–Trinajstić information content (AvgIpc) is 2.61. The maximum absolute atomic E-state index is 12.8. The molecule has 0 amide bonds. The molecule has 136 valence electrons. The predicted molar refractivity (Wildman–Crippen MR) is 101 cm³/mol. The van der Waals surface area contributed by atoms with E-state index in [4.69, 9.17) is 4.74 Å². The monoisotopic (exact) mass is 361 g/mol. The number of fused-ring (bicyclic) bond motifs is 1. The molecule has 1 aliphatic rings. The van der Waals surface area contributed by atoms with E-state index in [1.807, 2.05) is 24.3 Å². The van der Waals surface area contributed by atoms with Gasteiger partial charge in [-0.05, 0) is 60.2 Å². The smallest absolute Gasteiger partial charge is 0.240 e. The van der Waals surface area contributed by atoms with Gasteiger partial charge in [-0.25, -0.2) is 13.1 Å². The summed E-state index contributed by atoms with van der Waals surface area (Å²) in [6.07, 6.45) is 5.26. The third-order valence-corrected chi connectivity index (χ3v) is 6.47. The molecule has 2 aromatic rings. The highest BCUT2D eigenvalue weighted by Gasteiger charge is 2.26. The summed E-state index contributed by atoms with van der Waals surface area (Å²) in [5, 5.41) is 1.89. The second-order valence-electron chi connectivity index (χ2n) is 7.01. The van der Waals surface area contributed by atoms with E-state index < -0.39 is 10.0 Å². The van der Waals surface area contributed by atoms with Crippen LogP contribution in [-0.4, -0.2) is 21.1 Å². The third kappa shape index (κ3) is 4.33. The molecule has 25 heavy (non-hydrogen) atoms. The minimum absolute atomic E-state index is 0.0410. The first-order valence-corrected chi connectivity index (χ1v) is 10.7. The van der Waals surface area contributed by atoms with E-state index in [1.165, 1.54) is 6.42 Å². The molecule has 0 aromatic heterocycles. The van der Waals surface area contributed by atoms with E-state index in [1.54, 1.807) is 12.1 Å². The normalized spacial score (nSPS) is 21.4. The zero-order valence-electron chi connectivity index (χ0n) is 15.0. The van der Waals surface area contributed by atoms with Crippen molar-refractivity contribution in [3.63, 3.8) is 0 Å². The summed E-state index contributed by atoms with van der Waals surface area (Å²) in [6, 6.07) is 11.1. The van der Waals surface area contributed by atoms with Crippen LogP contribution in [0.15, 0.2) is 41.3 Å². The van der Waals surface area contributed by atoms with Crippen molar-refractivity contribution in [2.75, 3.05) is 6.61 Å². The van der Waals surface area contributed by atoms with E-state index in [2.05, 4.69) is 18.6 Å². The maximum Gasteiger partial charge on any atom is 0.240 e. The van der Waals surface area contributed by atoms with Crippen molar-refractivity contribution in [3.8, 4) is 5.75 Å². The first-order valence-electron chi connectivity index (χ1n) is 9.18. The Bertz CT molecular complexity index is 832. The standard InChI is InChI=1S/C20H27NO3S/c1-3-12-24-18-10-8-17-14-19(11-9-16(17)13-18)25(22,23)21-20-7-5-4-6-15(20)2/h8-11,13-15,20-21H,3-7,12H2,1-2H3/t15-,20-/m0/s1. The number of ether oxygens (including phenoxy) is 1. The van der Waals surface area contributed by atoms with E-state index in [-0.39, 0.29) is 6.04 Å². The van der Waals surface area contributed by atoms with Crippen LogP contribution in [0, 0.1) is 5.92 Å². The van der Waals surface area contributed by atoms with Crippen molar-refractivity contribution in [1.82, 2.24) is 4.72 Å². The molecule has 0 heterocycles. The van der Waals surface area contributed by atoms with Crippen LogP contribution in [-0.2, 0) is 10.0 Å². The molecule has 0 bridgehead atoms. The lowest BCUT2D eigenvalue weighted by Gasteiger charge is -2.29. The molecule has 5 heteroatoms. The van der Waals surface area contributed by atoms with Gasteiger partial charge in [0.15, 0.2) is 0 Å². The fourth-order valence-electron chi connectivity index (χ4n) is 3.44. The topological polar surface area (TPSA) is 55.4 Å². The van der Waals surface area contributed by atoms with Gasteiger partial charge in [0.05, 0.1) is 11.5 Å². The number of sulfonamides is 1. The molecule has 3 rings (SSSR count). The highest BCUT2D eigenvalue weighted by Crippen LogP contribution is 2.27. The number of benzene rings is 2. The SMILES string of the molecule is CCCOc1ccc2cc(S(=O)(=O)N[C@H]3CCCC[C@@H]3C)ccc2c1. The van der Waals surface area contributed by atoms with Crippen LogP contribution in [0.4, 0.5) is 0 Å². The first kappa shape index (κ1) is 18.2.